The molecule has 1 aliphatic heterocycles. The molecule has 1 amide bonds. The van der Waals surface area contributed by atoms with Gasteiger partial charge in [-0.2, -0.15) is 0 Å². The molecule has 0 atom stereocenters. The number of anilines is 1. The molecule has 0 aliphatic carbocycles. The first-order valence-electron chi connectivity index (χ1n) is 7.60. The van der Waals surface area contributed by atoms with Crippen LogP contribution in [0.4, 0.5) is 5.69 Å². The summed E-state index contributed by atoms with van der Waals surface area (Å²) in [6.07, 6.45) is 3.61. The van der Waals surface area contributed by atoms with Crippen molar-refractivity contribution in [2.45, 2.75) is 19.3 Å². The lowest BCUT2D eigenvalue weighted by Gasteiger charge is -2.31. The van der Waals surface area contributed by atoms with E-state index in [0.29, 0.717) is 11.6 Å². The number of piperidine rings is 1. The van der Waals surface area contributed by atoms with E-state index >= 15 is 0 Å². The number of hydrogen-bond acceptors (Lipinski definition) is 3. The topological polar surface area (TPSA) is 44.4 Å². The van der Waals surface area contributed by atoms with Gasteiger partial charge in [-0.3, -0.25) is 9.69 Å². The molecular weight excluding hydrogens is 286 g/mol. The molecule has 1 aromatic carbocycles. The minimum absolute atomic E-state index is 0.0333. The van der Waals surface area contributed by atoms with E-state index in [0.717, 1.165) is 31.2 Å². The molecule has 0 bridgehead atoms. The number of carbonyl (C=O) groups excluding carboxylic acids is 1. The first-order chi connectivity index (χ1) is 10.2. The molecule has 0 saturated carbocycles. The first kappa shape index (κ1) is 16.3. The van der Waals surface area contributed by atoms with Gasteiger partial charge in [-0.15, -0.1) is 0 Å². The minimum atomic E-state index is 0.0333. The summed E-state index contributed by atoms with van der Waals surface area (Å²) < 4.78 is 0. The molecule has 2 rings (SSSR count). The molecule has 1 aliphatic rings. The second-order valence-electron chi connectivity index (χ2n) is 5.67. The normalized spacial score (nSPS) is 16.9. The Morgan fingerprint density at radius 2 is 2.14 bits per heavy atom. The number of likely N-dealkylation sites (tertiary alicyclic amines) is 1. The van der Waals surface area contributed by atoms with Crippen molar-refractivity contribution in [2.75, 3.05) is 38.5 Å². The molecule has 4 nitrogen and oxygen atoms in total. The molecule has 1 aromatic rings. The van der Waals surface area contributed by atoms with Crippen molar-refractivity contribution in [2.24, 2.45) is 5.92 Å². The van der Waals surface area contributed by atoms with Gasteiger partial charge in [0.15, 0.2) is 0 Å². The molecule has 0 unspecified atom stereocenters. The second-order valence-corrected chi connectivity index (χ2v) is 6.11. The Labute approximate surface area is 131 Å². The Balaban J connectivity index is 1.72. The Hall–Kier alpha value is -1.10. The highest BCUT2D eigenvalue weighted by Gasteiger charge is 2.20. The zero-order valence-corrected chi connectivity index (χ0v) is 13.3. The standard InChI is InChI=1S/C16H24ClN3O/c1-18-8-5-13-6-9-20(10-7-13)12-16(21)19-15-4-2-3-14(17)11-15/h2-4,11,13,18H,5-10,12H2,1H3,(H,19,21). The van der Waals surface area contributed by atoms with Crippen LogP contribution >= 0.6 is 11.6 Å². The van der Waals surface area contributed by atoms with E-state index in [4.69, 9.17) is 11.6 Å². The van der Waals surface area contributed by atoms with E-state index in [2.05, 4.69) is 15.5 Å². The van der Waals surface area contributed by atoms with Gasteiger partial charge in [-0.1, -0.05) is 17.7 Å². The molecule has 2 N–H and O–H groups in total. The van der Waals surface area contributed by atoms with Crippen molar-refractivity contribution in [3.05, 3.63) is 29.3 Å². The number of nitrogens with zero attached hydrogens (tertiary/aromatic N) is 1. The summed E-state index contributed by atoms with van der Waals surface area (Å²) in [6, 6.07) is 7.26. The monoisotopic (exact) mass is 309 g/mol. The molecule has 1 saturated heterocycles. The second kappa shape index (κ2) is 8.37. The van der Waals surface area contributed by atoms with Gasteiger partial charge in [-0.25, -0.2) is 0 Å². The number of rotatable bonds is 6. The summed E-state index contributed by atoms with van der Waals surface area (Å²) >= 11 is 5.91. The summed E-state index contributed by atoms with van der Waals surface area (Å²) in [6.45, 7) is 3.57. The fraction of sp³-hybridized carbons (Fsp3) is 0.562. The summed E-state index contributed by atoms with van der Waals surface area (Å²) in [5.74, 6) is 0.829. The maximum absolute atomic E-state index is 12.0. The third-order valence-electron chi connectivity index (χ3n) is 3.99. The summed E-state index contributed by atoms with van der Waals surface area (Å²) in [4.78, 5) is 14.3. The number of hydrogen-bond donors (Lipinski definition) is 2. The van der Waals surface area contributed by atoms with E-state index in [1.807, 2.05) is 19.2 Å². The fourth-order valence-electron chi connectivity index (χ4n) is 2.75. The zero-order valence-electron chi connectivity index (χ0n) is 12.6. The Morgan fingerprint density at radius 3 is 2.81 bits per heavy atom. The van der Waals surface area contributed by atoms with Crippen LogP contribution in [0.25, 0.3) is 0 Å². The summed E-state index contributed by atoms with van der Waals surface area (Å²) in [7, 11) is 2.00. The van der Waals surface area contributed by atoms with Crippen molar-refractivity contribution < 1.29 is 4.79 Å². The number of halogens is 1. The average Bonchev–Trinajstić information content (AvgIpc) is 2.46. The SMILES string of the molecule is CNCCC1CCN(CC(=O)Nc2cccc(Cl)c2)CC1. The van der Waals surface area contributed by atoms with Crippen molar-refractivity contribution in [1.29, 1.82) is 0 Å². The highest BCUT2D eigenvalue weighted by molar-refractivity contribution is 6.30. The maximum Gasteiger partial charge on any atom is 0.238 e. The lowest BCUT2D eigenvalue weighted by Crippen LogP contribution is -2.39. The van der Waals surface area contributed by atoms with Gasteiger partial charge in [0.1, 0.15) is 0 Å². The fourth-order valence-corrected chi connectivity index (χ4v) is 2.94. The molecule has 1 heterocycles. The van der Waals surface area contributed by atoms with Crippen molar-refractivity contribution in [3.63, 3.8) is 0 Å². The molecular formula is C16H24ClN3O. The summed E-state index contributed by atoms with van der Waals surface area (Å²) in [5, 5.41) is 6.74. The van der Waals surface area contributed by atoms with Gasteiger partial charge in [0.25, 0.3) is 0 Å². The van der Waals surface area contributed by atoms with Crippen LogP contribution in [-0.4, -0.2) is 44.0 Å². The van der Waals surface area contributed by atoms with Gasteiger partial charge < -0.3 is 10.6 Å². The number of nitrogens with one attached hydrogen (secondary N) is 2. The quantitative estimate of drug-likeness (QED) is 0.849. The van der Waals surface area contributed by atoms with Crippen molar-refractivity contribution in [3.8, 4) is 0 Å². The van der Waals surface area contributed by atoms with Gasteiger partial charge >= 0.3 is 0 Å². The third-order valence-corrected chi connectivity index (χ3v) is 4.22. The van der Waals surface area contributed by atoms with Crippen LogP contribution in [0.1, 0.15) is 19.3 Å². The van der Waals surface area contributed by atoms with E-state index in [-0.39, 0.29) is 5.91 Å². The first-order valence-corrected chi connectivity index (χ1v) is 7.97. The highest BCUT2D eigenvalue weighted by Crippen LogP contribution is 2.20. The van der Waals surface area contributed by atoms with E-state index < -0.39 is 0 Å². The third kappa shape index (κ3) is 5.65. The van der Waals surface area contributed by atoms with Gasteiger partial charge in [0, 0.05) is 10.7 Å². The molecule has 21 heavy (non-hydrogen) atoms. The zero-order chi connectivity index (χ0) is 15.1. The number of carbonyl (C=O) groups is 1. The van der Waals surface area contributed by atoms with E-state index in [9.17, 15) is 4.79 Å². The van der Waals surface area contributed by atoms with Gasteiger partial charge in [0.05, 0.1) is 6.54 Å². The number of benzene rings is 1. The molecule has 0 radical (unpaired) electrons. The Bertz CT molecular complexity index is 459. The maximum atomic E-state index is 12.0. The van der Waals surface area contributed by atoms with Crippen molar-refractivity contribution in [1.82, 2.24) is 10.2 Å². The molecule has 0 aromatic heterocycles. The molecule has 0 spiro atoms. The lowest BCUT2D eigenvalue weighted by atomic mass is 9.93. The predicted molar refractivity (Wildman–Crippen MR) is 87.8 cm³/mol. The van der Waals surface area contributed by atoms with Crippen LogP contribution in [0.5, 0.6) is 0 Å². The Kier molecular flexibility index (Phi) is 6.49. The molecule has 1 fully saturated rings. The average molecular weight is 310 g/mol. The largest absolute Gasteiger partial charge is 0.325 e. The van der Waals surface area contributed by atoms with E-state index in [1.54, 1.807) is 12.1 Å². The predicted octanol–water partition coefficient (Wildman–Crippen LogP) is 2.60. The van der Waals surface area contributed by atoms with Crippen LogP contribution in [0.3, 0.4) is 0 Å². The smallest absolute Gasteiger partial charge is 0.238 e. The van der Waals surface area contributed by atoms with Gasteiger partial charge in [-0.05, 0) is 70.1 Å². The Morgan fingerprint density at radius 1 is 1.38 bits per heavy atom. The van der Waals surface area contributed by atoms with Gasteiger partial charge in [0.2, 0.25) is 5.91 Å². The lowest BCUT2D eigenvalue weighted by molar-refractivity contribution is -0.117. The molecule has 5 heteroatoms. The van der Waals surface area contributed by atoms with Crippen molar-refractivity contribution >= 4 is 23.2 Å². The highest BCUT2D eigenvalue weighted by atomic mass is 35.5. The summed E-state index contributed by atoms with van der Waals surface area (Å²) in [5.41, 5.74) is 0.761. The van der Waals surface area contributed by atoms with Crippen LogP contribution in [0.2, 0.25) is 5.02 Å². The van der Waals surface area contributed by atoms with Crippen LogP contribution in [0, 0.1) is 5.92 Å². The molecule has 116 valence electrons. The van der Waals surface area contributed by atoms with Crippen LogP contribution in [-0.2, 0) is 4.79 Å². The minimum Gasteiger partial charge on any atom is -0.325 e. The number of amides is 1. The van der Waals surface area contributed by atoms with E-state index in [1.165, 1.54) is 19.3 Å². The van der Waals surface area contributed by atoms with Crippen LogP contribution < -0.4 is 10.6 Å². The van der Waals surface area contributed by atoms with Crippen LogP contribution in [0.15, 0.2) is 24.3 Å².